The quantitative estimate of drug-likeness (QED) is 0.716. The number of likely N-dealkylation sites (tertiary alicyclic amines) is 1. The number of nitrogens with two attached hydrogens (primary N) is 1. The van der Waals surface area contributed by atoms with E-state index in [2.05, 4.69) is 15.3 Å². The molecule has 0 bridgehead atoms. The molecule has 3 N–H and O–H groups in total. The molecule has 2 heterocycles. The van der Waals surface area contributed by atoms with E-state index < -0.39 is 0 Å². The second-order valence-corrected chi connectivity index (χ2v) is 4.38. The molecular formula is C12H17N5O2. The summed E-state index contributed by atoms with van der Waals surface area (Å²) in [6.07, 6.45) is 5.15. The number of amides is 2. The van der Waals surface area contributed by atoms with Gasteiger partial charge < -0.3 is 16.0 Å². The zero-order valence-corrected chi connectivity index (χ0v) is 10.6. The summed E-state index contributed by atoms with van der Waals surface area (Å²) in [5, 5.41) is 2.72. The van der Waals surface area contributed by atoms with Crippen LogP contribution in [0.2, 0.25) is 0 Å². The van der Waals surface area contributed by atoms with E-state index in [0.717, 1.165) is 19.4 Å². The Hall–Kier alpha value is -2.18. The van der Waals surface area contributed by atoms with Gasteiger partial charge in [-0.3, -0.25) is 9.59 Å². The Morgan fingerprint density at radius 3 is 2.89 bits per heavy atom. The maximum absolute atomic E-state index is 11.8. The van der Waals surface area contributed by atoms with Crippen molar-refractivity contribution in [3.05, 3.63) is 18.1 Å². The highest BCUT2D eigenvalue weighted by Crippen LogP contribution is 2.09. The van der Waals surface area contributed by atoms with Gasteiger partial charge in [0.1, 0.15) is 0 Å². The molecule has 2 amide bonds. The molecule has 19 heavy (non-hydrogen) atoms. The second-order valence-electron chi connectivity index (χ2n) is 4.38. The summed E-state index contributed by atoms with van der Waals surface area (Å²) in [5.74, 6) is -0.0161. The lowest BCUT2D eigenvalue weighted by Gasteiger charge is -2.15. The van der Waals surface area contributed by atoms with Crippen LogP contribution in [0.5, 0.6) is 0 Å². The molecule has 0 aliphatic carbocycles. The second kappa shape index (κ2) is 6.12. The molecule has 2 rings (SSSR count). The zero-order chi connectivity index (χ0) is 13.7. The monoisotopic (exact) mass is 263 g/mol. The van der Waals surface area contributed by atoms with Crippen LogP contribution in [0.3, 0.4) is 0 Å². The van der Waals surface area contributed by atoms with Crippen LogP contribution in [0.4, 0.5) is 5.82 Å². The molecule has 1 aliphatic heterocycles. The van der Waals surface area contributed by atoms with Gasteiger partial charge >= 0.3 is 0 Å². The molecule has 1 aromatic rings. The van der Waals surface area contributed by atoms with Crippen molar-refractivity contribution in [3.8, 4) is 0 Å². The smallest absolute Gasteiger partial charge is 0.273 e. The van der Waals surface area contributed by atoms with E-state index in [1.165, 1.54) is 12.4 Å². The van der Waals surface area contributed by atoms with Gasteiger partial charge in [0.05, 0.1) is 0 Å². The van der Waals surface area contributed by atoms with Gasteiger partial charge in [0.25, 0.3) is 5.91 Å². The summed E-state index contributed by atoms with van der Waals surface area (Å²) < 4.78 is 0. The van der Waals surface area contributed by atoms with Gasteiger partial charge in [0.15, 0.2) is 11.5 Å². The Kier molecular flexibility index (Phi) is 4.27. The highest BCUT2D eigenvalue weighted by Gasteiger charge is 2.19. The molecule has 0 saturated carbocycles. The normalized spacial score (nSPS) is 14.7. The van der Waals surface area contributed by atoms with E-state index in [-0.39, 0.29) is 23.3 Å². The Morgan fingerprint density at radius 1 is 1.42 bits per heavy atom. The highest BCUT2D eigenvalue weighted by molar-refractivity contribution is 5.96. The van der Waals surface area contributed by atoms with Crippen molar-refractivity contribution in [2.75, 3.05) is 25.4 Å². The lowest BCUT2D eigenvalue weighted by atomic mass is 10.3. The van der Waals surface area contributed by atoms with Gasteiger partial charge in [-0.2, -0.15) is 0 Å². The lowest BCUT2D eigenvalue weighted by Crippen LogP contribution is -2.31. The fourth-order valence-electron chi connectivity index (χ4n) is 2.02. The molecule has 0 aromatic carbocycles. The molecule has 1 aromatic heterocycles. The predicted octanol–water partition coefficient (Wildman–Crippen LogP) is -0.199. The van der Waals surface area contributed by atoms with Crippen LogP contribution in [-0.2, 0) is 4.79 Å². The largest absolute Gasteiger partial charge is 0.382 e. The number of hydrogen-bond acceptors (Lipinski definition) is 5. The van der Waals surface area contributed by atoms with Gasteiger partial charge in [-0.25, -0.2) is 9.97 Å². The average molecular weight is 263 g/mol. The van der Waals surface area contributed by atoms with E-state index in [4.69, 9.17) is 5.73 Å². The minimum Gasteiger partial charge on any atom is -0.382 e. The molecule has 1 fully saturated rings. The van der Waals surface area contributed by atoms with E-state index in [1.807, 2.05) is 4.90 Å². The van der Waals surface area contributed by atoms with Crippen molar-refractivity contribution in [2.45, 2.75) is 19.3 Å². The maximum Gasteiger partial charge on any atom is 0.273 e. The lowest BCUT2D eigenvalue weighted by molar-refractivity contribution is -0.127. The number of nitrogens with zero attached hydrogens (tertiary/aromatic N) is 3. The molecule has 0 atom stereocenters. The van der Waals surface area contributed by atoms with Gasteiger partial charge in [0, 0.05) is 38.4 Å². The molecule has 0 spiro atoms. The molecule has 0 unspecified atom stereocenters. The minimum atomic E-state index is -0.335. The Labute approximate surface area is 111 Å². The number of nitrogen functional groups attached to an aromatic ring is 1. The molecule has 1 aliphatic rings. The fraction of sp³-hybridized carbons (Fsp3) is 0.500. The van der Waals surface area contributed by atoms with Crippen LogP contribution in [0.15, 0.2) is 12.4 Å². The minimum absolute atomic E-state index is 0.120. The van der Waals surface area contributed by atoms with Crippen molar-refractivity contribution in [2.24, 2.45) is 0 Å². The highest BCUT2D eigenvalue weighted by atomic mass is 16.2. The predicted molar refractivity (Wildman–Crippen MR) is 69.2 cm³/mol. The number of carbonyl (C=O) groups excluding carboxylic acids is 2. The van der Waals surface area contributed by atoms with Gasteiger partial charge in [0.2, 0.25) is 5.91 Å². The van der Waals surface area contributed by atoms with Crippen molar-refractivity contribution in [1.29, 1.82) is 0 Å². The maximum atomic E-state index is 11.8. The van der Waals surface area contributed by atoms with Gasteiger partial charge in [-0.05, 0) is 12.8 Å². The topological polar surface area (TPSA) is 101 Å². The van der Waals surface area contributed by atoms with Crippen LogP contribution in [0, 0.1) is 0 Å². The number of aromatic nitrogens is 2. The first-order valence-corrected chi connectivity index (χ1v) is 6.31. The number of anilines is 1. The van der Waals surface area contributed by atoms with E-state index in [0.29, 0.717) is 19.5 Å². The van der Waals surface area contributed by atoms with Crippen LogP contribution in [0.25, 0.3) is 0 Å². The SMILES string of the molecule is Nc1nccnc1C(=O)NCCCN1CCCC1=O. The third kappa shape index (κ3) is 3.40. The molecule has 7 heteroatoms. The summed E-state index contributed by atoms with van der Waals surface area (Å²) in [5.41, 5.74) is 5.69. The summed E-state index contributed by atoms with van der Waals surface area (Å²) in [4.78, 5) is 32.6. The van der Waals surface area contributed by atoms with Crippen LogP contribution < -0.4 is 11.1 Å². The van der Waals surface area contributed by atoms with Crippen LogP contribution in [-0.4, -0.2) is 46.3 Å². The zero-order valence-electron chi connectivity index (χ0n) is 10.6. The third-order valence-corrected chi connectivity index (χ3v) is 3.00. The average Bonchev–Trinajstić information content (AvgIpc) is 2.80. The summed E-state index contributed by atoms with van der Waals surface area (Å²) in [6, 6.07) is 0. The summed E-state index contributed by atoms with van der Waals surface area (Å²) >= 11 is 0. The van der Waals surface area contributed by atoms with Crippen LogP contribution >= 0.6 is 0 Å². The number of nitrogens with one attached hydrogen (secondary N) is 1. The van der Waals surface area contributed by atoms with Gasteiger partial charge in [-0.15, -0.1) is 0 Å². The molecule has 7 nitrogen and oxygen atoms in total. The van der Waals surface area contributed by atoms with E-state index in [9.17, 15) is 9.59 Å². The molecule has 0 radical (unpaired) electrons. The van der Waals surface area contributed by atoms with E-state index in [1.54, 1.807) is 0 Å². The Bertz CT molecular complexity index is 477. The van der Waals surface area contributed by atoms with Crippen molar-refractivity contribution in [1.82, 2.24) is 20.2 Å². The van der Waals surface area contributed by atoms with Crippen molar-refractivity contribution < 1.29 is 9.59 Å². The first kappa shape index (κ1) is 13.3. The van der Waals surface area contributed by atoms with Crippen LogP contribution in [0.1, 0.15) is 29.8 Å². The molecular weight excluding hydrogens is 246 g/mol. The van der Waals surface area contributed by atoms with Crippen molar-refractivity contribution in [3.63, 3.8) is 0 Å². The fourth-order valence-corrected chi connectivity index (χ4v) is 2.02. The first-order chi connectivity index (χ1) is 9.18. The van der Waals surface area contributed by atoms with E-state index >= 15 is 0 Å². The number of hydrogen-bond donors (Lipinski definition) is 2. The summed E-state index contributed by atoms with van der Waals surface area (Å²) in [6.45, 7) is 1.98. The number of rotatable bonds is 5. The standard InChI is InChI=1S/C12H17N5O2/c13-11-10(14-5-6-15-11)12(19)16-4-2-8-17-7-1-3-9(17)18/h5-6H,1-4,7-8H2,(H2,13,15)(H,16,19). The first-order valence-electron chi connectivity index (χ1n) is 6.31. The molecule has 102 valence electrons. The third-order valence-electron chi connectivity index (χ3n) is 3.00. The Morgan fingerprint density at radius 2 is 2.21 bits per heavy atom. The van der Waals surface area contributed by atoms with Gasteiger partial charge in [-0.1, -0.05) is 0 Å². The Balaban J connectivity index is 1.72. The molecule has 1 saturated heterocycles. The number of carbonyl (C=O) groups is 2. The summed E-state index contributed by atoms with van der Waals surface area (Å²) in [7, 11) is 0. The van der Waals surface area contributed by atoms with Crippen molar-refractivity contribution >= 4 is 17.6 Å².